The number of nitrogens with zero attached hydrogens (tertiary/aromatic N) is 2. The standard InChI is InChI=1S/C22H30N4O/c1-23-22(24-13-11-19-8-5-6-10-21(19)27-2)25-14-16-26-15-12-18-7-3-4-9-20(18)17-26/h3-10H,11-17H2,1-2H3,(H2,23,24,25). The van der Waals surface area contributed by atoms with Crippen LogP contribution in [0.25, 0.3) is 0 Å². The lowest BCUT2D eigenvalue weighted by atomic mass is 10.00. The van der Waals surface area contributed by atoms with Gasteiger partial charge in [-0.15, -0.1) is 0 Å². The second-order valence-electron chi connectivity index (χ2n) is 6.78. The van der Waals surface area contributed by atoms with Crippen LogP contribution in [0.3, 0.4) is 0 Å². The largest absolute Gasteiger partial charge is 0.496 e. The highest BCUT2D eigenvalue weighted by Gasteiger charge is 2.15. The van der Waals surface area contributed by atoms with Crippen LogP contribution in [-0.2, 0) is 19.4 Å². The van der Waals surface area contributed by atoms with E-state index in [1.165, 1.54) is 16.7 Å². The lowest BCUT2D eigenvalue weighted by molar-refractivity contribution is 0.258. The maximum Gasteiger partial charge on any atom is 0.191 e. The second kappa shape index (κ2) is 9.97. The number of aliphatic imine (C=N–C) groups is 1. The van der Waals surface area contributed by atoms with Crippen molar-refractivity contribution < 1.29 is 4.74 Å². The normalized spacial score (nSPS) is 14.5. The molecule has 0 radical (unpaired) electrons. The van der Waals surface area contributed by atoms with Crippen molar-refractivity contribution in [1.82, 2.24) is 15.5 Å². The molecule has 1 aliphatic rings. The summed E-state index contributed by atoms with van der Waals surface area (Å²) >= 11 is 0. The van der Waals surface area contributed by atoms with E-state index in [4.69, 9.17) is 4.74 Å². The summed E-state index contributed by atoms with van der Waals surface area (Å²) in [6, 6.07) is 16.9. The van der Waals surface area contributed by atoms with E-state index in [1.807, 2.05) is 25.2 Å². The first kappa shape index (κ1) is 19.2. The molecule has 3 rings (SSSR count). The van der Waals surface area contributed by atoms with Gasteiger partial charge in [-0.2, -0.15) is 0 Å². The maximum atomic E-state index is 5.41. The molecule has 5 heteroatoms. The molecule has 1 aliphatic heterocycles. The summed E-state index contributed by atoms with van der Waals surface area (Å²) in [7, 11) is 3.53. The van der Waals surface area contributed by atoms with Crippen molar-refractivity contribution in [2.75, 3.05) is 40.3 Å². The van der Waals surface area contributed by atoms with Gasteiger partial charge in [0.2, 0.25) is 0 Å². The van der Waals surface area contributed by atoms with Gasteiger partial charge in [-0.3, -0.25) is 9.89 Å². The number of rotatable bonds is 7. The number of methoxy groups -OCH3 is 1. The van der Waals surface area contributed by atoms with Crippen LogP contribution in [0, 0.1) is 0 Å². The molecular weight excluding hydrogens is 336 g/mol. The van der Waals surface area contributed by atoms with Crippen molar-refractivity contribution in [2.24, 2.45) is 4.99 Å². The summed E-state index contributed by atoms with van der Waals surface area (Å²) in [5.74, 6) is 1.79. The van der Waals surface area contributed by atoms with Crippen molar-refractivity contribution in [1.29, 1.82) is 0 Å². The minimum atomic E-state index is 0.817. The van der Waals surface area contributed by atoms with E-state index in [9.17, 15) is 0 Å². The van der Waals surface area contributed by atoms with Crippen LogP contribution in [0.2, 0.25) is 0 Å². The number of ether oxygens (including phenoxy) is 1. The summed E-state index contributed by atoms with van der Waals surface area (Å²) in [6.07, 6.45) is 2.04. The molecule has 1 heterocycles. The molecule has 0 spiro atoms. The monoisotopic (exact) mass is 366 g/mol. The van der Waals surface area contributed by atoms with Crippen LogP contribution in [0.1, 0.15) is 16.7 Å². The molecule has 0 amide bonds. The number of hydrogen-bond acceptors (Lipinski definition) is 3. The number of guanidine groups is 1. The average molecular weight is 367 g/mol. The van der Waals surface area contributed by atoms with Crippen LogP contribution in [-0.4, -0.2) is 51.2 Å². The summed E-state index contributed by atoms with van der Waals surface area (Å²) in [6.45, 7) is 4.88. The zero-order valence-electron chi connectivity index (χ0n) is 16.4. The molecule has 27 heavy (non-hydrogen) atoms. The highest BCUT2D eigenvalue weighted by atomic mass is 16.5. The van der Waals surface area contributed by atoms with Gasteiger partial charge in [0.05, 0.1) is 7.11 Å². The summed E-state index contributed by atoms with van der Waals surface area (Å²) in [5.41, 5.74) is 4.16. The zero-order chi connectivity index (χ0) is 18.9. The predicted molar refractivity (Wildman–Crippen MR) is 111 cm³/mol. The van der Waals surface area contributed by atoms with Gasteiger partial charge >= 0.3 is 0 Å². The summed E-state index contributed by atoms with van der Waals surface area (Å²) < 4.78 is 5.41. The quantitative estimate of drug-likeness (QED) is 0.584. The Morgan fingerprint density at radius 1 is 1.04 bits per heavy atom. The van der Waals surface area contributed by atoms with Gasteiger partial charge in [0.1, 0.15) is 5.75 Å². The first-order chi connectivity index (χ1) is 13.3. The van der Waals surface area contributed by atoms with Gasteiger partial charge in [-0.1, -0.05) is 42.5 Å². The minimum absolute atomic E-state index is 0.817. The molecule has 2 N–H and O–H groups in total. The third-order valence-corrected chi connectivity index (χ3v) is 5.03. The van der Waals surface area contributed by atoms with Crippen LogP contribution >= 0.6 is 0 Å². The number of para-hydroxylation sites is 1. The van der Waals surface area contributed by atoms with E-state index in [0.29, 0.717) is 0 Å². The second-order valence-corrected chi connectivity index (χ2v) is 6.78. The first-order valence-electron chi connectivity index (χ1n) is 9.65. The Morgan fingerprint density at radius 2 is 1.78 bits per heavy atom. The fourth-order valence-electron chi connectivity index (χ4n) is 3.52. The van der Waals surface area contributed by atoms with Gasteiger partial charge in [0.25, 0.3) is 0 Å². The van der Waals surface area contributed by atoms with E-state index in [-0.39, 0.29) is 0 Å². The van der Waals surface area contributed by atoms with Gasteiger partial charge in [0, 0.05) is 39.8 Å². The Bertz CT molecular complexity index is 759. The van der Waals surface area contributed by atoms with Crippen LogP contribution in [0.4, 0.5) is 0 Å². The predicted octanol–water partition coefficient (Wildman–Crippen LogP) is 2.46. The molecule has 0 unspecified atom stereocenters. The fourth-order valence-corrected chi connectivity index (χ4v) is 3.52. The average Bonchev–Trinajstić information content (AvgIpc) is 2.72. The highest BCUT2D eigenvalue weighted by molar-refractivity contribution is 5.79. The molecule has 5 nitrogen and oxygen atoms in total. The Balaban J connectivity index is 1.38. The molecule has 0 saturated carbocycles. The number of hydrogen-bond donors (Lipinski definition) is 2. The maximum absolute atomic E-state index is 5.41. The third-order valence-electron chi connectivity index (χ3n) is 5.03. The Hall–Kier alpha value is -2.53. The Labute approximate surface area is 162 Å². The molecule has 0 atom stereocenters. The van der Waals surface area contributed by atoms with Crippen LogP contribution < -0.4 is 15.4 Å². The van der Waals surface area contributed by atoms with E-state index in [1.54, 1.807) is 7.11 Å². The SMILES string of the molecule is CN=C(NCCc1ccccc1OC)NCCN1CCc2ccccc2C1. The van der Waals surface area contributed by atoms with Crippen LogP contribution in [0.15, 0.2) is 53.5 Å². The lowest BCUT2D eigenvalue weighted by Crippen LogP contribution is -2.43. The van der Waals surface area contributed by atoms with Gasteiger partial charge in [-0.25, -0.2) is 0 Å². The van der Waals surface area contributed by atoms with Crippen molar-refractivity contribution >= 4 is 5.96 Å². The van der Waals surface area contributed by atoms with Crippen molar-refractivity contribution in [3.05, 3.63) is 65.2 Å². The summed E-state index contributed by atoms with van der Waals surface area (Å²) in [4.78, 5) is 6.82. The molecule has 0 aromatic heterocycles. The van der Waals surface area contributed by atoms with E-state index < -0.39 is 0 Å². The van der Waals surface area contributed by atoms with Gasteiger partial charge in [-0.05, 0) is 35.6 Å². The smallest absolute Gasteiger partial charge is 0.191 e. The van der Waals surface area contributed by atoms with Crippen LogP contribution in [0.5, 0.6) is 5.75 Å². The minimum Gasteiger partial charge on any atom is -0.496 e. The third kappa shape index (κ3) is 5.47. The molecule has 2 aromatic carbocycles. The first-order valence-corrected chi connectivity index (χ1v) is 9.65. The van der Waals surface area contributed by atoms with Crippen molar-refractivity contribution in [2.45, 2.75) is 19.4 Å². The van der Waals surface area contributed by atoms with Crippen molar-refractivity contribution in [3.63, 3.8) is 0 Å². The highest BCUT2D eigenvalue weighted by Crippen LogP contribution is 2.18. The Morgan fingerprint density at radius 3 is 2.59 bits per heavy atom. The van der Waals surface area contributed by atoms with E-state index >= 15 is 0 Å². The van der Waals surface area contributed by atoms with Gasteiger partial charge in [0.15, 0.2) is 5.96 Å². The molecule has 0 fully saturated rings. The number of fused-ring (bicyclic) bond motifs is 1. The van der Waals surface area contributed by atoms with E-state index in [2.05, 4.69) is 50.9 Å². The van der Waals surface area contributed by atoms with Gasteiger partial charge < -0.3 is 15.4 Å². The van der Waals surface area contributed by atoms with Crippen molar-refractivity contribution in [3.8, 4) is 5.75 Å². The summed E-state index contributed by atoms with van der Waals surface area (Å²) in [5, 5.41) is 6.81. The molecule has 2 aromatic rings. The number of benzene rings is 2. The molecule has 144 valence electrons. The molecule has 0 saturated heterocycles. The number of nitrogens with one attached hydrogen (secondary N) is 2. The Kier molecular flexibility index (Phi) is 7.11. The molecule has 0 bridgehead atoms. The topological polar surface area (TPSA) is 48.9 Å². The molecular formula is C22H30N4O. The lowest BCUT2D eigenvalue weighted by Gasteiger charge is -2.28. The zero-order valence-corrected chi connectivity index (χ0v) is 16.4. The molecule has 0 aliphatic carbocycles. The fraction of sp³-hybridized carbons (Fsp3) is 0.409. The van der Waals surface area contributed by atoms with E-state index in [0.717, 1.165) is 57.3 Å².